The van der Waals surface area contributed by atoms with Crippen LogP contribution in [-0.2, 0) is 17.5 Å². The van der Waals surface area contributed by atoms with Crippen LogP contribution in [0.3, 0.4) is 0 Å². The van der Waals surface area contributed by atoms with Gasteiger partial charge in [-0.2, -0.15) is 18.4 Å². The molecule has 4 nitrogen and oxygen atoms in total. The normalized spacial score (nSPS) is 10.9. The number of rotatable bonds is 2. The Kier molecular flexibility index (Phi) is 3.93. The van der Waals surface area contributed by atoms with Gasteiger partial charge in [-0.3, -0.25) is 0 Å². The maximum atomic E-state index is 12.9. The molecule has 2 N–H and O–H groups in total. The van der Waals surface area contributed by atoms with Crippen molar-refractivity contribution in [3.8, 4) is 6.07 Å². The number of hydrogen-bond acceptors (Lipinski definition) is 4. The standard InChI is InChI=1S/C11H9F3N2O2/c1-18-10(17)8-3-6(4-15)2-7(5-16)9(8)11(12,13)14/h2-3H,5,16H2,1H3. The van der Waals surface area contributed by atoms with Crippen molar-refractivity contribution in [1.29, 1.82) is 5.26 Å². The molecule has 0 heterocycles. The summed E-state index contributed by atoms with van der Waals surface area (Å²) in [6.07, 6.45) is -4.74. The number of nitrogens with two attached hydrogens (primary N) is 1. The van der Waals surface area contributed by atoms with Gasteiger partial charge in [-0.1, -0.05) is 0 Å². The zero-order valence-corrected chi connectivity index (χ0v) is 9.34. The molecule has 0 saturated carbocycles. The number of alkyl halides is 3. The van der Waals surface area contributed by atoms with Crippen LogP contribution >= 0.6 is 0 Å². The van der Waals surface area contributed by atoms with E-state index in [2.05, 4.69) is 4.74 Å². The molecular weight excluding hydrogens is 249 g/mol. The molecule has 0 saturated heterocycles. The summed E-state index contributed by atoms with van der Waals surface area (Å²) >= 11 is 0. The number of halogens is 3. The van der Waals surface area contributed by atoms with Gasteiger partial charge in [-0.25, -0.2) is 4.79 Å². The highest BCUT2D eigenvalue weighted by atomic mass is 19.4. The highest BCUT2D eigenvalue weighted by Gasteiger charge is 2.38. The first-order chi connectivity index (χ1) is 8.35. The van der Waals surface area contributed by atoms with Crippen molar-refractivity contribution in [3.63, 3.8) is 0 Å². The molecular formula is C11H9F3N2O2. The predicted octanol–water partition coefficient (Wildman–Crippen LogP) is 1.82. The predicted molar refractivity (Wildman–Crippen MR) is 55.4 cm³/mol. The van der Waals surface area contributed by atoms with Crippen LogP contribution in [-0.4, -0.2) is 13.1 Å². The monoisotopic (exact) mass is 258 g/mol. The van der Waals surface area contributed by atoms with Crippen LogP contribution in [0.2, 0.25) is 0 Å². The average molecular weight is 258 g/mol. The lowest BCUT2D eigenvalue weighted by atomic mass is 9.97. The number of nitriles is 1. The number of carbonyl (C=O) groups is 1. The zero-order chi connectivity index (χ0) is 13.9. The molecule has 1 aromatic rings. The summed E-state index contributed by atoms with van der Waals surface area (Å²) in [4.78, 5) is 11.3. The van der Waals surface area contributed by atoms with Gasteiger partial charge in [-0.15, -0.1) is 0 Å². The van der Waals surface area contributed by atoms with E-state index in [0.717, 1.165) is 19.2 Å². The van der Waals surface area contributed by atoms with Gasteiger partial charge in [-0.05, 0) is 17.7 Å². The number of ether oxygens (including phenoxy) is 1. The van der Waals surface area contributed by atoms with Crippen LogP contribution < -0.4 is 5.73 Å². The minimum atomic E-state index is -4.74. The third-order valence-corrected chi connectivity index (χ3v) is 2.26. The summed E-state index contributed by atoms with van der Waals surface area (Å²) in [5, 5.41) is 8.71. The summed E-state index contributed by atoms with van der Waals surface area (Å²) in [5.74, 6) is -1.16. The van der Waals surface area contributed by atoms with E-state index >= 15 is 0 Å². The van der Waals surface area contributed by atoms with Crippen LogP contribution in [0.25, 0.3) is 0 Å². The van der Waals surface area contributed by atoms with Crippen molar-refractivity contribution >= 4 is 5.97 Å². The van der Waals surface area contributed by atoms with Gasteiger partial charge >= 0.3 is 12.1 Å². The van der Waals surface area contributed by atoms with Crippen molar-refractivity contribution in [2.45, 2.75) is 12.7 Å². The molecule has 1 rings (SSSR count). The van der Waals surface area contributed by atoms with E-state index in [-0.39, 0.29) is 11.1 Å². The first-order valence-corrected chi connectivity index (χ1v) is 4.77. The number of carbonyl (C=O) groups excluding carboxylic acids is 1. The maximum Gasteiger partial charge on any atom is 0.417 e. The topological polar surface area (TPSA) is 76.1 Å². The van der Waals surface area contributed by atoms with Gasteiger partial charge in [0, 0.05) is 6.54 Å². The van der Waals surface area contributed by atoms with Gasteiger partial charge in [0.05, 0.1) is 29.9 Å². The fourth-order valence-electron chi connectivity index (χ4n) is 1.53. The summed E-state index contributed by atoms with van der Waals surface area (Å²) in [6, 6.07) is 3.52. The molecule has 7 heteroatoms. The second-order valence-corrected chi connectivity index (χ2v) is 3.36. The number of methoxy groups -OCH3 is 1. The number of hydrogen-bond donors (Lipinski definition) is 1. The number of esters is 1. The quantitative estimate of drug-likeness (QED) is 0.821. The summed E-state index contributed by atoms with van der Waals surface area (Å²) in [5.41, 5.74) is 2.96. The second-order valence-electron chi connectivity index (χ2n) is 3.36. The minimum absolute atomic E-state index is 0.0798. The molecule has 0 unspecified atom stereocenters. The fourth-order valence-corrected chi connectivity index (χ4v) is 1.53. The van der Waals surface area contributed by atoms with Gasteiger partial charge in [0.15, 0.2) is 0 Å². The molecule has 0 spiro atoms. The summed E-state index contributed by atoms with van der Waals surface area (Å²) in [7, 11) is 0.962. The average Bonchev–Trinajstić information content (AvgIpc) is 2.34. The Labute approximate surface area is 101 Å². The third kappa shape index (κ3) is 2.60. The van der Waals surface area contributed by atoms with Crippen molar-refractivity contribution in [1.82, 2.24) is 0 Å². The molecule has 0 aliphatic rings. The number of nitrogens with zero attached hydrogens (tertiary/aromatic N) is 1. The lowest BCUT2D eigenvalue weighted by Gasteiger charge is -2.15. The molecule has 0 atom stereocenters. The van der Waals surface area contributed by atoms with Gasteiger partial charge in [0.1, 0.15) is 0 Å². The van der Waals surface area contributed by atoms with Crippen LogP contribution in [0.15, 0.2) is 12.1 Å². The summed E-state index contributed by atoms with van der Waals surface area (Å²) < 4.78 is 42.9. The van der Waals surface area contributed by atoms with E-state index in [1.807, 2.05) is 0 Å². The van der Waals surface area contributed by atoms with Crippen molar-refractivity contribution in [2.24, 2.45) is 5.73 Å². The van der Waals surface area contributed by atoms with E-state index in [9.17, 15) is 18.0 Å². The fraction of sp³-hybridized carbons (Fsp3) is 0.273. The largest absolute Gasteiger partial charge is 0.465 e. The SMILES string of the molecule is COC(=O)c1cc(C#N)cc(CN)c1C(F)(F)F. The van der Waals surface area contributed by atoms with Crippen LogP contribution in [0.5, 0.6) is 0 Å². The molecule has 18 heavy (non-hydrogen) atoms. The number of benzene rings is 1. The van der Waals surface area contributed by atoms with E-state index in [0.29, 0.717) is 0 Å². The van der Waals surface area contributed by atoms with Gasteiger partial charge < -0.3 is 10.5 Å². The van der Waals surface area contributed by atoms with Crippen LogP contribution in [0, 0.1) is 11.3 Å². The van der Waals surface area contributed by atoms with Gasteiger partial charge in [0.2, 0.25) is 0 Å². The molecule has 0 aliphatic heterocycles. The molecule has 0 aliphatic carbocycles. The van der Waals surface area contributed by atoms with Crippen molar-refractivity contribution in [2.75, 3.05) is 7.11 Å². The Hall–Kier alpha value is -2.07. The Balaban J connectivity index is 3.64. The lowest BCUT2D eigenvalue weighted by Crippen LogP contribution is -2.19. The van der Waals surface area contributed by atoms with E-state index in [4.69, 9.17) is 11.0 Å². The summed E-state index contributed by atoms with van der Waals surface area (Å²) in [6.45, 7) is -0.436. The smallest absolute Gasteiger partial charge is 0.417 e. The second kappa shape index (κ2) is 5.06. The Morgan fingerprint density at radius 3 is 2.50 bits per heavy atom. The molecule has 0 fully saturated rings. The van der Waals surface area contributed by atoms with Crippen molar-refractivity contribution < 1.29 is 22.7 Å². The molecule has 0 bridgehead atoms. The third-order valence-electron chi connectivity index (χ3n) is 2.26. The minimum Gasteiger partial charge on any atom is -0.465 e. The van der Waals surface area contributed by atoms with E-state index in [1.54, 1.807) is 6.07 Å². The van der Waals surface area contributed by atoms with Crippen LogP contribution in [0.1, 0.15) is 27.0 Å². The van der Waals surface area contributed by atoms with Gasteiger partial charge in [0.25, 0.3) is 0 Å². The molecule has 96 valence electrons. The highest BCUT2D eigenvalue weighted by molar-refractivity contribution is 5.92. The molecule has 1 aromatic carbocycles. The Bertz CT molecular complexity index is 518. The molecule has 0 radical (unpaired) electrons. The van der Waals surface area contributed by atoms with E-state index in [1.165, 1.54) is 0 Å². The zero-order valence-electron chi connectivity index (χ0n) is 9.34. The Morgan fingerprint density at radius 1 is 1.50 bits per heavy atom. The van der Waals surface area contributed by atoms with E-state index < -0.39 is 29.8 Å². The highest BCUT2D eigenvalue weighted by Crippen LogP contribution is 2.35. The molecule has 0 amide bonds. The van der Waals surface area contributed by atoms with Crippen LogP contribution in [0.4, 0.5) is 13.2 Å². The lowest BCUT2D eigenvalue weighted by molar-refractivity contribution is -0.138. The maximum absolute atomic E-state index is 12.9. The Morgan fingerprint density at radius 2 is 2.11 bits per heavy atom. The first-order valence-electron chi connectivity index (χ1n) is 4.77. The first kappa shape index (κ1) is 14.0. The van der Waals surface area contributed by atoms with Crippen molar-refractivity contribution in [3.05, 3.63) is 34.4 Å². The molecule has 0 aromatic heterocycles.